The summed E-state index contributed by atoms with van der Waals surface area (Å²) < 4.78 is 5.73. The minimum Gasteiger partial charge on any atom is -0.394 e. The van der Waals surface area contributed by atoms with Gasteiger partial charge in [0.1, 0.15) is 12.6 Å². The lowest BCUT2D eigenvalue weighted by atomic mass is 10.1. The molecule has 0 radical (unpaired) electrons. The zero-order chi connectivity index (χ0) is 33.2. The molecule has 1 N–H and O–H groups in total. The number of piperazine rings is 1. The molecule has 47 heavy (non-hydrogen) atoms. The fraction of sp³-hybridized carbons (Fsp3) is 0.400. The Morgan fingerprint density at radius 1 is 0.766 bits per heavy atom. The van der Waals surface area contributed by atoms with Gasteiger partial charge < -0.3 is 24.5 Å². The second-order valence-electron chi connectivity index (χ2n) is 12.4. The fourth-order valence-corrected chi connectivity index (χ4v) is 6.20. The number of anilines is 6. The van der Waals surface area contributed by atoms with E-state index in [1.54, 1.807) is 6.33 Å². The number of benzene rings is 2. The molecule has 1 atom stereocenters. The quantitative estimate of drug-likeness (QED) is 0.230. The molecule has 0 bridgehead atoms. The minimum atomic E-state index is -0.0646. The highest BCUT2D eigenvalue weighted by molar-refractivity contribution is 5.98. The van der Waals surface area contributed by atoms with Gasteiger partial charge in [0.05, 0.1) is 24.2 Å². The highest BCUT2D eigenvalue weighted by Crippen LogP contribution is 2.39. The summed E-state index contributed by atoms with van der Waals surface area (Å²) in [5.74, 6) is 1.15. The topological polar surface area (TPSA) is 110 Å². The number of pyridine rings is 2. The van der Waals surface area contributed by atoms with Crippen molar-refractivity contribution in [3.63, 3.8) is 0 Å². The van der Waals surface area contributed by atoms with E-state index in [0.29, 0.717) is 18.5 Å². The van der Waals surface area contributed by atoms with Gasteiger partial charge in [0.15, 0.2) is 0 Å². The van der Waals surface area contributed by atoms with E-state index in [0.717, 1.165) is 82.1 Å². The van der Waals surface area contributed by atoms with E-state index in [-0.39, 0.29) is 12.8 Å². The van der Waals surface area contributed by atoms with E-state index in [2.05, 4.69) is 106 Å². The molecule has 1 aliphatic heterocycles. The van der Waals surface area contributed by atoms with Crippen LogP contribution < -0.4 is 19.6 Å². The van der Waals surface area contributed by atoms with Gasteiger partial charge >= 0.3 is 0 Å². The monoisotopic (exact) mass is 636 g/mol. The molecule has 0 saturated carbocycles. The van der Waals surface area contributed by atoms with Crippen molar-refractivity contribution in [1.82, 2.24) is 29.8 Å². The van der Waals surface area contributed by atoms with Gasteiger partial charge in [0, 0.05) is 99.3 Å². The standard InChI is InChI=1S/C35H44N10O2/c1-23-18-32(41(4)5)28-20-26(8-10-30(28)38-23)45(27-9-11-31-29(21-27)33(42(6)7)19-24(2)39-31)35-37-22-36-34(40-35)44-14-12-43(13-15-44)25(3)47-17-16-46/h8-11,18-22,25,46H,12-17H2,1-7H3. The number of aryl methyl sites for hydroxylation is 2. The number of aliphatic hydroxyl groups is 1. The first-order valence-electron chi connectivity index (χ1n) is 16.0. The van der Waals surface area contributed by atoms with E-state index in [9.17, 15) is 0 Å². The van der Waals surface area contributed by atoms with Crippen LogP contribution in [-0.4, -0.2) is 109 Å². The second-order valence-corrected chi connectivity index (χ2v) is 12.4. The van der Waals surface area contributed by atoms with Crippen LogP contribution in [0.15, 0.2) is 54.9 Å². The number of aromatic nitrogens is 5. The Kier molecular flexibility index (Phi) is 9.35. The first-order valence-corrected chi connectivity index (χ1v) is 16.0. The maximum Gasteiger partial charge on any atom is 0.239 e. The zero-order valence-corrected chi connectivity index (χ0v) is 28.3. The largest absolute Gasteiger partial charge is 0.394 e. The van der Waals surface area contributed by atoms with Crippen molar-refractivity contribution in [3.8, 4) is 0 Å². The van der Waals surface area contributed by atoms with Crippen LogP contribution >= 0.6 is 0 Å². The van der Waals surface area contributed by atoms with E-state index in [1.807, 2.05) is 20.8 Å². The van der Waals surface area contributed by atoms with Gasteiger partial charge in [0.25, 0.3) is 0 Å². The van der Waals surface area contributed by atoms with Crippen LogP contribution in [-0.2, 0) is 4.74 Å². The summed E-state index contributed by atoms with van der Waals surface area (Å²) in [7, 11) is 8.21. The Morgan fingerprint density at radius 2 is 1.32 bits per heavy atom. The van der Waals surface area contributed by atoms with Crippen LogP contribution in [0, 0.1) is 13.8 Å². The summed E-state index contributed by atoms with van der Waals surface area (Å²) in [5.41, 5.74) is 7.80. The molecule has 12 nitrogen and oxygen atoms in total. The molecule has 1 saturated heterocycles. The number of hydrogen-bond donors (Lipinski definition) is 1. The Balaban J connectivity index is 1.44. The fourth-order valence-electron chi connectivity index (χ4n) is 6.20. The third kappa shape index (κ3) is 6.76. The first kappa shape index (κ1) is 32.3. The molecule has 1 fully saturated rings. The van der Waals surface area contributed by atoms with Crippen LogP contribution in [0.1, 0.15) is 18.3 Å². The first-order chi connectivity index (χ1) is 22.6. The molecule has 12 heteroatoms. The van der Waals surface area contributed by atoms with Crippen LogP contribution in [0.2, 0.25) is 0 Å². The Bertz CT molecular complexity index is 1780. The van der Waals surface area contributed by atoms with Crippen molar-refractivity contribution >= 4 is 56.5 Å². The number of nitrogens with zero attached hydrogens (tertiary/aromatic N) is 10. The molecule has 246 valence electrons. The van der Waals surface area contributed by atoms with Crippen LogP contribution in [0.4, 0.5) is 34.6 Å². The zero-order valence-electron chi connectivity index (χ0n) is 28.3. The summed E-state index contributed by atoms with van der Waals surface area (Å²) in [6, 6.07) is 16.8. The summed E-state index contributed by atoms with van der Waals surface area (Å²) in [6.07, 6.45) is 1.53. The molecule has 3 aromatic heterocycles. The maximum atomic E-state index is 9.15. The van der Waals surface area contributed by atoms with Gasteiger partial charge in [-0.2, -0.15) is 4.98 Å². The number of fused-ring (bicyclic) bond motifs is 2. The van der Waals surface area contributed by atoms with Gasteiger partial charge in [-0.25, -0.2) is 9.97 Å². The van der Waals surface area contributed by atoms with Gasteiger partial charge in [-0.1, -0.05) is 0 Å². The van der Waals surface area contributed by atoms with E-state index in [1.165, 1.54) is 0 Å². The van der Waals surface area contributed by atoms with Crippen molar-refractivity contribution in [3.05, 3.63) is 66.2 Å². The van der Waals surface area contributed by atoms with Gasteiger partial charge in [-0.05, 0) is 69.3 Å². The molecule has 4 heterocycles. The molecule has 0 spiro atoms. The molecule has 0 aliphatic carbocycles. The van der Waals surface area contributed by atoms with Gasteiger partial charge in [0.2, 0.25) is 11.9 Å². The lowest BCUT2D eigenvalue weighted by Crippen LogP contribution is -2.51. The van der Waals surface area contributed by atoms with E-state index in [4.69, 9.17) is 29.8 Å². The van der Waals surface area contributed by atoms with Crippen LogP contribution in [0.5, 0.6) is 0 Å². The predicted octanol–water partition coefficient (Wildman–Crippen LogP) is 4.66. The van der Waals surface area contributed by atoms with Crippen molar-refractivity contribution in [2.75, 3.05) is 87.2 Å². The lowest BCUT2D eigenvalue weighted by Gasteiger charge is -2.37. The molecule has 1 aliphatic rings. The summed E-state index contributed by atoms with van der Waals surface area (Å²) in [4.78, 5) is 34.8. The van der Waals surface area contributed by atoms with E-state index < -0.39 is 0 Å². The average molecular weight is 637 g/mol. The second kappa shape index (κ2) is 13.6. The van der Waals surface area contributed by atoms with Crippen LogP contribution in [0.25, 0.3) is 21.8 Å². The van der Waals surface area contributed by atoms with Gasteiger partial charge in [-0.3, -0.25) is 19.8 Å². The predicted molar refractivity (Wildman–Crippen MR) is 190 cm³/mol. The van der Waals surface area contributed by atoms with Crippen LogP contribution in [0.3, 0.4) is 0 Å². The van der Waals surface area contributed by atoms with E-state index >= 15 is 0 Å². The highest BCUT2D eigenvalue weighted by atomic mass is 16.5. The van der Waals surface area contributed by atoms with Crippen molar-refractivity contribution in [2.45, 2.75) is 27.0 Å². The molecule has 5 aromatic rings. The maximum absolute atomic E-state index is 9.15. The van der Waals surface area contributed by atoms with Crippen molar-refractivity contribution < 1.29 is 9.84 Å². The molecule has 6 rings (SSSR count). The highest BCUT2D eigenvalue weighted by Gasteiger charge is 2.25. The SMILES string of the molecule is Cc1cc(N(C)C)c2cc(N(c3ccc4nc(C)cc(N(C)C)c4c3)c3ncnc(N4CCN(C(C)OCCO)CC4)n3)ccc2n1. The number of ether oxygens (including phenoxy) is 1. The van der Waals surface area contributed by atoms with Gasteiger partial charge in [-0.15, -0.1) is 0 Å². The third-order valence-corrected chi connectivity index (χ3v) is 8.59. The Morgan fingerprint density at radius 3 is 1.83 bits per heavy atom. The number of rotatable bonds is 10. The lowest BCUT2D eigenvalue weighted by molar-refractivity contribution is -0.0596. The Hall–Kier alpha value is -4.65. The third-order valence-electron chi connectivity index (χ3n) is 8.59. The minimum absolute atomic E-state index is 0.0159. The molecular weight excluding hydrogens is 592 g/mol. The number of aliphatic hydroxyl groups excluding tert-OH is 1. The molecule has 2 aromatic carbocycles. The molecule has 1 unspecified atom stereocenters. The summed E-state index contributed by atoms with van der Waals surface area (Å²) in [5, 5.41) is 11.2. The Labute approximate surface area is 276 Å². The smallest absolute Gasteiger partial charge is 0.239 e. The molecule has 0 amide bonds. The summed E-state index contributed by atoms with van der Waals surface area (Å²) >= 11 is 0. The van der Waals surface area contributed by atoms with Crippen molar-refractivity contribution in [2.24, 2.45) is 0 Å². The average Bonchev–Trinajstić information content (AvgIpc) is 3.06. The normalized spacial score (nSPS) is 14.5. The summed E-state index contributed by atoms with van der Waals surface area (Å²) in [6.45, 7) is 9.50. The van der Waals surface area contributed by atoms with Crippen molar-refractivity contribution in [1.29, 1.82) is 0 Å². The molecular formula is C35H44N10O2. The number of hydrogen-bond acceptors (Lipinski definition) is 12.